The second-order valence-corrected chi connectivity index (χ2v) is 10.9. The standard InChI is InChI=1S/2C17H18N4O3/c2*1-4-13(24-10-12-8-6-5-7-9-12)21-11-18-15-14(21)16(22)20(3)17(23)19(15)2/h2*4-9,11,13H,1,10H2,2-3H3/t2*13-/m00/s1. The van der Waals surface area contributed by atoms with Gasteiger partial charge in [-0.25, -0.2) is 19.6 Å². The minimum absolute atomic E-state index is 0.303. The first kappa shape index (κ1) is 33.5. The van der Waals surface area contributed by atoms with Crippen LogP contribution in [0.2, 0.25) is 0 Å². The van der Waals surface area contributed by atoms with Gasteiger partial charge in [-0.15, -0.1) is 0 Å². The minimum atomic E-state index is -0.569. The topological polar surface area (TPSA) is 142 Å². The molecule has 14 nitrogen and oxygen atoms in total. The van der Waals surface area contributed by atoms with E-state index in [1.165, 1.54) is 35.9 Å². The SMILES string of the molecule is C=C[C@H](OCc1ccccc1)n1cnc2c1c(=O)n(C)c(=O)n2C.C=C[C@H](OCc1ccccc1)n1cnc2c1c(=O)n(C)c(=O)n2C. The van der Waals surface area contributed by atoms with Crippen LogP contribution < -0.4 is 22.5 Å². The highest BCUT2D eigenvalue weighted by atomic mass is 16.5. The van der Waals surface area contributed by atoms with E-state index in [2.05, 4.69) is 23.1 Å². The molecule has 6 rings (SSSR count). The molecule has 0 saturated carbocycles. The van der Waals surface area contributed by atoms with Gasteiger partial charge in [-0.3, -0.25) is 37.0 Å². The zero-order valence-electron chi connectivity index (χ0n) is 27.1. The number of nitrogens with zero attached hydrogens (tertiary/aromatic N) is 8. The maximum Gasteiger partial charge on any atom is 0.332 e. The molecular weight excluding hydrogens is 616 g/mol. The molecule has 6 aromatic rings. The first-order valence-electron chi connectivity index (χ1n) is 14.9. The number of ether oxygens (including phenoxy) is 2. The molecule has 0 aliphatic rings. The van der Waals surface area contributed by atoms with Crippen molar-refractivity contribution in [1.82, 2.24) is 37.4 Å². The summed E-state index contributed by atoms with van der Waals surface area (Å²) in [6.45, 7) is 8.28. The van der Waals surface area contributed by atoms with Crippen molar-refractivity contribution in [1.29, 1.82) is 0 Å². The zero-order chi connectivity index (χ0) is 34.5. The molecule has 0 spiro atoms. The normalized spacial score (nSPS) is 12.4. The molecule has 0 aliphatic carbocycles. The summed E-state index contributed by atoms with van der Waals surface area (Å²) in [4.78, 5) is 57.3. The smallest absolute Gasteiger partial charge is 0.332 e. The van der Waals surface area contributed by atoms with Crippen LogP contribution in [0.15, 0.2) is 118 Å². The maximum atomic E-state index is 12.5. The van der Waals surface area contributed by atoms with Crippen LogP contribution in [0.4, 0.5) is 0 Å². The fourth-order valence-corrected chi connectivity index (χ4v) is 5.15. The number of aromatic nitrogens is 8. The average molecular weight is 653 g/mol. The van der Waals surface area contributed by atoms with Gasteiger partial charge in [0, 0.05) is 28.2 Å². The third-order valence-corrected chi connectivity index (χ3v) is 7.83. The summed E-state index contributed by atoms with van der Waals surface area (Å²) >= 11 is 0. The minimum Gasteiger partial charge on any atom is -0.350 e. The molecule has 248 valence electrons. The number of aryl methyl sites for hydroxylation is 2. The predicted octanol–water partition coefficient (Wildman–Crippen LogP) is 2.67. The highest BCUT2D eigenvalue weighted by molar-refractivity contribution is 5.71. The molecule has 14 heteroatoms. The molecule has 4 heterocycles. The summed E-state index contributed by atoms with van der Waals surface area (Å²) in [5.74, 6) is 0. The zero-order valence-corrected chi connectivity index (χ0v) is 27.1. The van der Waals surface area contributed by atoms with Crippen molar-refractivity contribution in [2.45, 2.75) is 25.7 Å². The van der Waals surface area contributed by atoms with E-state index in [4.69, 9.17) is 9.47 Å². The van der Waals surface area contributed by atoms with Crippen LogP contribution in [-0.2, 0) is 50.9 Å². The van der Waals surface area contributed by atoms with E-state index in [0.29, 0.717) is 35.5 Å². The molecule has 0 amide bonds. The van der Waals surface area contributed by atoms with Crippen molar-refractivity contribution in [3.63, 3.8) is 0 Å². The van der Waals surface area contributed by atoms with Gasteiger partial charge in [0.1, 0.15) is 12.7 Å². The lowest BCUT2D eigenvalue weighted by atomic mass is 10.2. The molecule has 2 aromatic carbocycles. The number of hydrogen-bond donors (Lipinski definition) is 0. The van der Waals surface area contributed by atoms with Gasteiger partial charge in [-0.1, -0.05) is 73.8 Å². The van der Waals surface area contributed by atoms with Crippen LogP contribution in [-0.4, -0.2) is 37.4 Å². The Balaban J connectivity index is 0.000000188. The lowest BCUT2D eigenvalue weighted by Crippen LogP contribution is -2.37. The number of benzene rings is 2. The molecule has 0 radical (unpaired) electrons. The van der Waals surface area contributed by atoms with Crippen molar-refractivity contribution < 1.29 is 9.47 Å². The van der Waals surface area contributed by atoms with Gasteiger partial charge in [-0.2, -0.15) is 0 Å². The number of rotatable bonds is 10. The molecule has 0 unspecified atom stereocenters. The highest BCUT2D eigenvalue weighted by Crippen LogP contribution is 2.19. The lowest BCUT2D eigenvalue weighted by Gasteiger charge is -2.16. The maximum absolute atomic E-state index is 12.5. The van der Waals surface area contributed by atoms with Gasteiger partial charge in [0.05, 0.1) is 13.2 Å². The number of imidazole rings is 2. The molecule has 0 aliphatic heterocycles. The summed E-state index contributed by atoms with van der Waals surface area (Å²) in [6.07, 6.45) is 5.02. The van der Waals surface area contributed by atoms with Crippen LogP contribution in [0.3, 0.4) is 0 Å². The third-order valence-electron chi connectivity index (χ3n) is 7.83. The first-order valence-corrected chi connectivity index (χ1v) is 14.9. The van der Waals surface area contributed by atoms with Crippen LogP contribution in [0.25, 0.3) is 22.3 Å². The third kappa shape index (κ3) is 6.38. The highest BCUT2D eigenvalue weighted by Gasteiger charge is 2.20. The first-order chi connectivity index (χ1) is 23.1. The second kappa shape index (κ2) is 14.3. The Morgan fingerprint density at radius 2 is 0.958 bits per heavy atom. The van der Waals surface area contributed by atoms with Crippen molar-refractivity contribution in [2.75, 3.05) is 0 Å². The van der Waals surface area contributed by atoms with Gasteiger partial charge in [0.2, 0.25) is 0 Å². The van der Waals surface area contributed by atoms with Gasteiger partial charge in [-0.05, 0) is 23.3 Å². The summed E-state index contributed by atoms with van der Waals surface area (Å²) in [5, 5.41) is 0. The van der Waals surface area contributed by atoms with E-state index in [-0.39, 0.29) is 0 Å². The number of fused-ring (bicyclic) bond motifs is 2. The van der Waals surface area contributed by atoms with Gasteiger partial charge in [0.15, 0.2) is 34.8 Å². The Bertz CT molecular complexity index is 2160. The summed E-state index contributed by atoms with van der Waals surface area (Å²) < 4.78 is 19.7. The molecule has 0 bridgehead atoms. The Morgan fingerprint density at radius 1 is 0.604 bits per heavy atom. The van der Waals surface area contributed by atoms with E-state index in [1.54, 1.807) is 35.4 Å². The Kier molecular flexibility index (Phi) is 9.96. The largest absolute Gasteiger partial charge is 0.350 e. The molecular formula is C34H36N8O6. The Hall–Kier alpha value is -5.86. The summed E-state index contributed by atoms with van der Waals surface area (Å²) in [5.41, 5.74) is 1.59. The van der Waals surface area contributed by atoms with E-state index in [1.807, 2.05) is 60.7 Å². The molecule has 2 atom stereocenters. The van der Waals surface area contributed by atoms with E-state index < -0.39 is 35.0 Å². The Labute approximate surface area is 274 Å². The van der Waals surface area contributed by atoms with Gasteiger partial charge >= 0.3 is 11.4 Å². The number of hydrogen-bond acceptors (Lipinski definition) is 8. The van der Waals surface area contributed by atoms with E-state index in [0.717, 1.165) is 20.3 Å². The molecule has 48 heavy (non-hydrogen) atoms. The second-order valence-electron chi connectivity index (χ2n) is 10.9. The fourth-order valence-electron chi connectivity index (χ4n) is 5.15. The van der Waals surface area contributed by atoms with Crippen molar-refractivity contribution in [3.05, 3.63) is 151 Å². The molecule has 4 aromatic heterocycles. The average Bonchev–Trinajstić information content (AvgIpc) is 3.76. The van der Waals surface area contributed by atoms with E-state index >= 15 is 0 Å². The predicted molar refractivity (Wildman–Crippen MR) is 181 cm³/mol. The molecule has 0 fully saturated rings. The summed E-state index contributed by atoms with van der Waals surface area (Å²) in [6, 6.07) is 19.4. The van der Waals surface area contributed by atoms with Gasteiger partial charge < -0.3 is 9.47 Å². The van der Waals surface area contributed by atoms with Crippen LogP contribution in [0, 0.1) is 0 Å². The fraction of sp³-hybridized carbons (Fsp3) is 0.235. The van der Waals surface area contributed by atoms with Crippen LogP contribution in [0.1, 0.15) is 23.6 Å². The van der Waals surface area contributed by atoms with Gasteiger partial charge in [0.25, 0.3) is 11.1 Å². The van der Waals surface area contributed by atoms with Crippen LogP contribution in [0.5, 0.6) is 0 Å². The van der Waals surface area contributed by atoms with Crippen molar-refractivity contribution in [3.8, 4) is 0 Å². The molecule has 0 saturated heterocycles. The summed E-state index contributed by atoms with van der Waals surface area (Å²) in [7, 11) is 6.04. The van der Waals surface area contributed by atoms with Crippen LogP contribution >= 0.6 is 0 Å². The Morgan fingerprint density at radius 3 is 1.29 bits per heavy atom. The van der Waals surface area contributed by atoms with Crippen molar-refractivity contribution >= 4 is 22.3 Å². The molecule has 0 N–H and O–H groups in total. The lowest BCUT2D eigenvalue weighted by molar-refractivity contribution is 0.0276. The quantitative estimate of drug-likeness (QED) is 0.206. The van der Waals surface area contributed by atoms with E-state index in [9.17, 15) is 19.2 Å². The monoisotopic (exact) mass is 652 g/mol. The van der Waals surface area contributed by atoms with Crippen molar-refractivity contribution in [2.24, 2.45) is 28.2 Å².